The van der Waals surface area contributed by atoms with Crippen LogP contribution < -0.4 is 10.6 Å². The first-order valence-electron chi connectivity index (χ1n) is 8.21. The van der Waals surface area contributed by atoms with Crippen LogP contribution in [-0.4, -0.2) is 57.6 Å². The van der Waals surface area contributed by atoms with E-state index >= 15 is 0 Å². The van der Waals surface area contributed by atoms with E-state index in [2.05, 4.69) is 15.7 Å². The fourth-order valence-corrected chi connectivity index (χ4v) is 3.79. The number of carbonyl (C=O) groups is 3. The summed E-state index contributed by atoms with van der Waals surface area (Å²) >= 11 is 0. The summed E-state index contributed by atoms with van der Waals surface area (Å²) < 4.78 is 1.75. The van der Waals surface area contributed by atoms with Crippen LogP contribution in [0, 0.1) is 0 Å². The first kappa shape index (κ1) is 16.5. The Hall–Kier alpha value is -2.38. The SMILES string of the molecule is CC(=O)NCC(=O)N1CCC2(CC1)NC(=O)C[C@@H]2c1cnn(C)c1. The number of rotatable bonds is 3. The lowest BCUT2D eigenvalue weighted by Gasteiger charge is -2.42. The smallest absolute Gasteiger partial charge is 0.241 e. The number of amides is 3. The molecule has 0 unspecified atom stereocenters. The fraction of sp³-hybridized carbons (Fsp3) is 0.625. The Bertz CT molecular complexity index is 660. The average Bonchev–Trinajstić information content (AvgIpc) is 3.09. The van der Waals surface area contributed by atoms with Crippen molar-refractivity contribution < 1.29 is 14.4 Å². The Balaban J connectivity index is 1.68. The van der Waals surface area contributed by atoms with Crippen molar-refractivity contribution >= 4 is 17.7 Å². The highest BCUT2D eigenvalue weighted by Crippen LogP contribution is 2.42. The maximum atomic E-state index is 12.1. The molecule has 24 heavy (non-hydrogen) atoms. The van der Waals surface area contributed by atoms with Gasteiger partial charge in [-0.25, -0.2) is 0 Å². The zero-order valence-corrected chi connectivity index (χ0v) is 14.0. The van der Waals surface area contributed by atoms with Gasteiger partial charge >= 0.3 is 0 Å². The molecule has 0 saturated carbocycles. The molecule has 130 valence electrons. The second kappa shape index (κ2) is 6.26. The number of aryl methyl sites for hydroxylation is 1. The van der Waals surface area contributed by atoms with Crippen LogP contribution in [0.15, 0.2) is 12.4 Å². The van der Waals surface area contributed by atoms with E-state index in [4.69, 9.17) is 0 Å². The Morgan fingerprint density at radius 3 is 2.71 bits per heavy atom. The van der Waals surface area contributed by atoms with Crippen LogP contribution in [0.4, 0.5) is 0 Å². The number of piperidine rings is 1. The molecule has 2 aliphatic heterocycles. The Labute approximate surface area is 140 Å². The summed E-state index contributed by atoms with van der Waals surface area (Å²) in [4.78, 5) is 36.9. The van der Waals surface area contributed by atoms with Crippen molar-refractivity contribution in [2.75, 3.05) is 19.6 Å². The fourth-order valence-electron chi connectivity index (χ4n) is 3.79. The third kappa shape index (κ3) is 3.13. The van der Waals surface area contributed by atoms with Gasteiger partial charge in [-0.15, -0.1) is 0 Å². The number of aromatic nitrogens is 2. The first-order chi connectivity index (χ1) is 11.4. The average molecular weight is 333 g/mol. The molecule has 0 aromatic carbocycles. The topological polar surface area (TPSA) is 96.3 Å². The number of nitrogens with zero attached hydrogens (tertiary/aromatic N) is 3. The summed E-state index contributed by atoms with van der Waals surface area (Å²) in [7, 11) is 1.86. The van der Waals surface area contributed by atoms with Crippen molar-refractivity contribution in [1.29, 1.82) is 0 Å². The van der Waals surface area contributed by atoms with Crippen molar-refractivity contribution in [3.05, 3.63) is 18.0 Å². The summed E-state index contributed by atoms with van der Waals surface area (Å²) in [5.41, 5.74) is 0.763. The molecule has 2 N–H and O–H groups in total. The van der Waals surface area contributed by atoms with E-state index in [1.807, 2.05) is 19.4 Å². The molecule has 2 aliphatic rings. The number of hydrogen-bond donors (Lipinski definition) is 2. The van der Waals surface area contributed by atoms with Gasteiger partial charge in [0.05, 0.1) is 18.3 Å². The molecule has 8 nitrogen and oxygen atoms in total. The Morgan fingerprint density at radius 1 is 1.42 bits per heavy atom. The molecular weight excluding hydrogens is 310 g/mol. The molecule has 1 aromatic heterocycles. The molecule has 0 bridgehead atoms. The van der Waals surface area contributed by atoms with E-state index in [9.17, 15) is 14.4 Å². The van der Waals surface area contributed by atoms with Crippen molar-refractivity contribution in [2.45, 2.75) is 37.6 Å². The number of likely N-dealkylation sites (tertiary alicyclic amines) is 1. The van der Waals surface area contributed by atoms with Crippen molar-refractivity contribution in [2.24, 2.45) is 7.05 Å². The minimum absolute atomic E-state index is 0.0285. The second-order valence-corrected chi connectivity index (χ2v) is 6.70. The number of hydrogen-bond acceptors (Lipinski definition) is 4. The van der Waals surface area contributed by atoms with Gasteiger partial charge in [0.1, 0.15) is 0 Å². The summed E-state index contributed by atoms with van der Waals surface area (Å²) in [6.07, 6.45) is 5.67. The Morgan fingerprint density at radius 2 is 2.12 bits per heavy atom. The highest BCUT2D eigenvalue weighted by atomic mass is 16.2. The second-order valence-electron chi connectivity index (χ2n) is 6.70. The van der Waals surface area contributed by atoms with E-state index in [0.717, 1.165) is 5.56 Å². The first-order valence-corrected chi connectivity index (χ1v) is 8.21. The van der Waals surface area contributed by atoms with Crippen LogP contribution in [0.25, 0.3) is 0 Å². The third-order valence-corrected chi connectivity index (χ3v) is 5.07. The molecule has 0 aliphatic carbocycles. The maximum Gasteiger partial charge on any atom is 0.241 e. The minimum Gasteiger partial charge on any atom is -0.350 e. The molecule has 3 amide bonds. The molecule has 8 heteroatoms. The lowest BCUT2D eigenvalue weighted by Crippen LogP contribution is -2.55. The molecule has 0 radical (unpaired) electrons. The van der Waals surface area contributed by atoms with Gasteiger partial charge in [-0.3, -0.25) is 19.1 Å². The monoisotopic (exact) mass is 333 g/mol. The molecule has 1 spiro atoms. The predicted molar refractivity (Wildman–Crippen MR) is 85.9 cm³/mol. The summed E-state index contributed by atoms with van der Waals surface area (Å²) in [6.45, 7) is 2.58. The van der Waals surface area contributed by atoms with Crippen LogP contribution in [0.2, 0.25) is 0 Å². The van der Waals surface area contributed by atoms with Crippen molar-refractivity contribution in [3.8, 4) is 0 Å². The summed E-state index contributed by atoms with van der Waals surface area (Å²) in [6, 6.07) is 0. The van der Waals surface area contributed by atoms with Crippen LogP contribution in [-0.2, 0) is 21.4 Å². The van der Waals surface area contributed by atoms with Crippen LogP contribution in [0.5, 0.6) is 0 Å². The van der Waals surface area contributed by atoms with E-state index in [-0.39, 0.29) is 35.7 Å². The standard InChI is InChI=1S/C16H23N5O3/c1-11(22)17-9-15(24)21-5-3-16(4-6-21)13(7-14(23)19-16)12-8-18-20(2)10-12/h8,10,13H,3-7,9H2,1-2H3,(H,17,22)(H,19,23)/t13-/m1/s1. The zero-order valence-electron chi connectivity index (χ0n) is 14.0. The van der Waals surface area contributed by atoms with Crippen molar-refractivity contribution in [3.63, 3.8) is 0 Å². The molecule has 3 heterocycles. The molecular formula is C16H23N5O3. The lowest BCUT2D eigenvalue weighted by atomic mass is 9.75. The van der Waals surface area contributed by atoms with Crippen LogP contribution in [0.3, 0.4) is 0 Å². The normalized spacial score (nSPS) is 22.5. The minimum atomic E-state index is -0.301. The Kier molecular flexibility index (Phi) is 4.29. The van der Waals surface area contributed by atoms with E-state index in [1.165, 1.54) is 6.92 Å². The van der Waals surface area contributed by atoms with E-state index in [0.29, 0.717) is 32.4 Å². The van der Waals surface area contributed by atoms with Gasteiger partial charge in [-0.05, 0) is 18.4 Å². The van der Waals surface area contributed by atoms with E-state index < -0.39 is 0 Å². The molecule has 1 atom stereocenters. The van der Waals surface area contributed by atoms with Crippen LogP contribution in [0.1, 0.15) is 37.7 Å². The zero-order chi connectivity index (χ0) is 17.3. The summed E-state index contributed by atoms with van der Waals surface area (Å²) in [5, 5.41) is 9.91. The highest BCUT2D eigenvalue weighted by Gasteiger charge is 2.49. The van der Waals surface area contributed by atoms with Crippen LogP contribution >= 0.6 is 0 Å². The molecule has 3 rings (SSSR count). The highest BCUT2D eigenvalue weighted by molar-refractivity contribution is 5.84. The van der Waals surface area contributed by atoms with Crippen molar-refractivity contribution in [1.82, 2.24) is 25.3 Å². The van der Waals surface area contributed by atoms with Gasteiger partial charge in [-0.1, -0.05) is 0 Å². The van der Waals surface area contributed by atoms with Gasteiger partial charge < -0.3 is 15.5 Å². The number of nitrogens with one attached hydrogen (secondary N) is 2. The third-order valence-electron chi connectivity index (χ3n) is 5.07. The predicted octanol–water partition coefficient (Wildman–Crippen LogP) is -0.479. The summed E-state index contributed by atoms with van der Waals surface area (Å²) in [5.74, 6) is -0.146. The van der Waals surface area contributed by atoms with Gasteiger partial charge in [-0.2, -0.15) is 5.10 Å². The van der Waals surface area contributed by atoms with Gasteiger partial charge in [0.15, 0.2) is 0 Å². The van der Waals surface area contributed by atoms with Gasteiger partial charge in [0.25, 0.3) is 0 Å². The molecule has 1 aromatic rings. The largest absolute Gasteiger partial charge is 0.350 e. The number of carbonyl (C=O) groups excluding carboxylic acids is 3. The molecule has 2 fully saturated rings. The molecule has 2 saturated heterocycles. The van der Waals surface area contributed by atoms with E-state index in [1.54, 1.807) is 9.58 Å². The van der Waals surface area contributed by atoms with Gasteiger partial charge in [0.2, 0.25) is 17.7 Å². The van der Waals surface area contributed by atoms with Gasteiger partial charge in [0, 0.05) is 45.6 Å². The quantitative estimate of drug-likeness (QED) is 0.781. The lowest BCUT2D eigenvalue weighted by molar-refractivity contribution is -0.134. The maximum absolute atomic E-state index is 12.1.